The molecule has 9 heavy (non-hydrogen) atoms. The lowest BCUT2D eigenvalue weighted by Gasteiger charge is -2.17. The van der Waals surface area contributed by atoms with Crippen molar-refractivity contribution in [1.29, 1.82) is 0 Å². The zero-order chi connectivity index (χ0) is 6.85. The summed E-state index contributed by atoms with van der Waals surface area (Å²) >= 11 is 0. The maximum absolute atomic E-state index is 10.2. The van der Waals surface area contributed by atoms with Crippen molar-refractivity contribution in [3.05, 3.63) is 0 Å². The lowest BCUT2D eigenvalue weighted by atomic mass is 10.9. The summed E-state index contributed by atoms with van der Waals surface area (Å²) in [5.41, 5.74) is 5.11. The van der Waals surface area contributed by atoms with Gasteiger partial charge in [-0.1, -0.05) is 0 Å². The molecular formula is C3H5N3O3. The van der Waals surface area contributed by atoms with Crippen LogP contribution in [-0.4, -0.2) is 24.2 Å². The summed E-state index contributed by atoms with van der Waals surface area (Å²) < 4.78 is 0. The van der Waals surface area contributed by atoms with Crippen molar-refractivity contribution < 1.29 is 14.5 Å². The van der Waals surface area contributed by atoms with Crippen LogP contribution in [-0.2, 0) is 9.68 Å². The molecule has 0 aromatic carbocycles. The Bertz CT molecular complexity index is 166. The van der Waals surface area contributed by atoms with Gasteiger partial charge < -0.3 is 10.6 Å². The fourth-order valence-corrected chi connectivity index (χ4v) is 0.317. The number of hydroxylamine groups is 2. The van der Waals surface area contributed by atoms with Gasteiger partial charge in [-0.2, -0.15) is 9.86 Å². The Morgan fingerprint density at radius 1 is 1.78 bits per heavy atom. The van der Waals surface area contributed by atoms with Gasteiger partial charge in [0.05, 0.1) is 0 Å². The van der Waals surface area contributed by atoms with Gasteiger partial charge in [0.2, 0.25) is 0 Å². The van der Waals surface area contributed by atoms with E-state index in [0.29, 0.717) is 0 Å². The van der Waals surface area contributed by atoms with Crippen LogP contribution in [0.3, 0.4) is 0 Å². The molecule has 1 heterocycles. The molecule has 1 aliphatic heterocycles. The van der Waals surface area contributed by atoms with Gasteiger partial charge in [0, 0.05) is 7.05 Å². The van der Waals surface area contributed by atoms with Crippen LogP contribution in [0.5, 0.6) is 0 Å². The first-order valence-corrected chi connectivity index (χ1v) is 2.16. The van der Waals surface area contributed by atoms with Crippen LogP contribution in [0.25, 0.3) is 0 Å². The molecule has 0 fully saturated rings. The van der Waals surface area contributed by atoms with E-state index in [0.717, 1.165) is 5.06 Å². The summed E-state index contributed by atoms with van der Waals surface area (Å²) in [6, 6.07) is 0. The van der Waals surface area contributed by atoms with Crippen molar-refractivity contribution in [2.75, 3.05) is 7.05 Å². The molecule has 0 saturated heterocycles. The third kappa shape index (κ3) is 1.01. The summed E-state index contributed by atoms with van der Waals surface area (Å²) in [6.07, 6.45) is -0.883. The molecule has 0 aromatic rings. The smallest absolute Gasteiger partial charge is 0.365 e. The molecule has 6 heteroatoms. The molecule has 6 nitrogen and oxygen atoms in total. The highest BCUT2D eigenvalue weighted by atomic mass is 16.9. The number of hydrogen-bond donors (Lipinski definition) is 1. The molecule has 1 aliphatic rings. The molecule has 50 valence electrons. The van der Waals surface area contributed by atoms with Gasteiger partial charge in [-0.15, -0.1) is 0 Å². The highest BCUT2D eigenvalue weighted by Gasteiger charge is 2.17. The fraction of sp³-hybridized carbons (Fsp3) is 0.333. The Morgan fingerprint density at radius 2 is 2.44 bits per heavy atom. The highest BCUT2D eigenvalue weighted by Crippen LogP contribution is 1.97. The highest BCUT2D eigenvalue weighted by molar-refractivity contribution is 5.79. The summed E-state index contributed by atoms with van der Waals surface area (Å²) in [7, 11) is 1.44. The number of rotatable bonds is 0. The van der Waals surface area contributed by atoms with E-state index in [1.807, 2.05) is 0 Å². The van der Waals surface area contributed by atoms with Gasteiger partial charge in [0.1, 0.15) is 0 Å². The average Bonchev–Trinajstić information content (AvgIpc) is 1.80. The number of carbonyl (C=O) groups is 1. The molecule has 0 saturated carbocycles. The molecule has 0 spiro atoms. The van der Waals surface area contributed by atoms with Crippen LogP contribution >= 0.6 is 0 Å². The van der Waals surface area contributed by atoms with Crippen molar-refractivity contribution in [3.63, 3.8) is 0 Å². The largest absolute Gasteiger partial charge is 0.560 e. The number of carbonyl (C=O) groups excluding carboxylic acids is 1. The van der Waals surface area contributed by atoms with Gasteiger partial charge >= 0.3 is 6.16 Å². The van der Waals surface area contributed by atoms with Crippen LogP contribution in [0.2, 0.25) is 0 Å². The second-order valence-electron chi connectivity index (χ2n) is 1.38. The van der Waals surface area contributed by atoms with E-state index in [9.17, 15) is 4.79 Å². The summed E-state index contributed by atoms with van der Waals surface area (Å²) in [6.45, 7) is 0. The normalized spacial score (nSPS) is 18.1. The molecule has 0 bridgehead atoms. The maximum atomic E-state index is 10.2. The van der Waals surface area contributed by atoms with E-state index in [4.69, 9.17) is 5.73 Å². The van der Waals surface area contributed by atoms with Crippen LogP contribution in [0, 0.1) is 0 Å². The first-order chi connectivity index (χ1) is 4.20. The minimum Gasteiger partial charge on any atom is -0.365 e. The van der Waals surface area contributed by atoms with Gasteiger partial charge in [-0.3, -0.25) is 4.84 Å². The lowest BCUT2D eigenvalue weighted by molar-refractivity contribution is -0.0807. The molecule has 2 N–H and O–H groups in total. The third-order valence-corrected chi connectivity index (χ3v) is 0.748. The van der Waals surface area contributed by atoms with E-state index in [2.05, 4.69) is 14.8 Å². The molecule has 0 amide bonds. The monoisotopic (exact) mass is 131 g/mol. The second-order valence-corrected chi connectivity index (χ2v) is 1.38. The van der Waals surface area contributed by atoms with Gasteiger partial charge in [-0.05, 0) is 5.16 Å². The molecular weight excluding hydrogens is 126 g/mol. The average molecular weight is 131 g/mol. The number of guanidine groups is 1. The van der Waals surface area contributed by atoms with Crippen molar-refractivity contribution in [3.8, 4) is 0 Å². The second kappa shape index (κ2) is 1.81. The SMILES string of the molecule is CN1OC(=O)ON=C1N. The molecule has 0 aliphatic carbocycles. The van der Waals surface area contributed by atoms with Gasteiger partial charge in [0.25, 0.3) is 5.96 Å². The van der Waals surface area contributed by atoms with Gasteiger partial charge in [0.15, 0.2) is 0 Å². The van der Waals surface area contributed by atoms with E-state index in [1.54, 1.807) is 0 Å². The number of oxime groups is 1. The minimum absolute atomic E-state index is 0.00889. The Labute approximate surface area is 50.8 Å². The van der Waals surface area contributed by atoms with Crippen molar-refractivity contribution in [2.24, 2.45) is 10.9 Å². The van der Waals surface area contributed by atoms with Crippen molar-refractivity contribution >= 4 is 12.1 Å². The van der Waals surface area contributed by atoms with Crippen LogP contribution in [0.15, 0.2) is 5.16 Å². The molecule has 0 unspecified atom stereocenters. The molecule has 0 atom stereocenters. The predicted octanol–water partition coefficient (Wildman–Crippen LogP) is -0.770. The molecule has 1 rings (SSSR count). The number of nitrogens with two attached hydrogens (primary N) is 1. The minimum atomic E-state index is -0.883. The van der Waals surface area contributed by atoms with Crippen LogP contribution in [0.4, 0.5) is 4.79 Å². The summed E-state index contributed by atoms with van der Waals surface area (Å²) in [5.74, 6) is 0.00889. The fourth-order valence-electron chi connectivity index (χ4n) is 0.317. The first kappa shape index (κ1) is 5.67. The Balaban J connectivity index is 2.67. The summed E-state index contributed by atoms with van der Waals surface area (Å²) in [4.78, 5) is 18.5. The van der Waals surface area contributed by atoms with Crippen molar-refractivity contribution in [1.82, 2.24) is 5.06 Å². The van der Waals surface area contributed by atoms with Crippen LogP contribution < -0.4 is 5.73 Å². The quantitative estimate of drug-likeness (QED) is 0.437. The third-order valence-electron chi connectivity index (χ3n) is 0.748. The Kier molecular flexibility index (Phi) is 1.14. The van der Waals surface area contributed by atoms with Crippen molar-refractivity contribution in [2.45, 2.75) is 0 Å². The maximum Gasteiger partial charge on any atom is 0.560 e. The van der Waals surface area contributed by atoms with Gasteiger partial charge in [-0.25, -0.2) is 0 Å². The number of nitrogens with zero attached hydrogens (tertiary/aromatic N) is 2. The predicted molar refractivity (Wildman–Crippen MR) is 27.0 cm³/mol. The zero-order valence-electron chi connectivity index (χ0n) is 4.70. The molecule has 0 radical (unpaired) electrons. The zero-order valence-corrected chi connectivity index (χ0v) is 4.70. The lowest BCUT2D eigenvalue weighted by Crippen LogP contribution is -2.39. The van der Waals surface area contributed by atoms with E-state index in [-0.39, 0.29) is 5.96 Å². The van der Waals surface area contributed by atoms with Crippen LogP contribution in [0.1, 0.15) is 0 Å². The first-order valence-electron chi connectivity index (χ1n) is 2.16. The Hall–Kier alpha value is -1.46. The summed E-state index contributed by atoms with van der Waals surface area (Å²) in [5, 5.41) is 4.14. The standard InChI is InChI=1S/C3H5N3O3/c1-6-2(4)5-8-3(7)9-6/h1H3,(H2,4,5). The molecule has 0 aromatic heterocycles. The van der Waals surface area contributed by atoms with E-state index in [1.165, 1.54) is 7.05 Å². The topological polar surface area (TPSA) is 77.1 Å². The Morgan fingerprint density at radius 3 is 2.89 bits per heavy atom. The number of hydrogen-bond acceptors (Lipinski definition) is 6. The van der Waals surface area contributed by atoms with E-state index >= 15 is 0 Å². The van der Waals surface area contributed by atoms with E-state index < -0.39 is 6.16 Å².